The molecule has 0 saturated heterocycles. The van der Waals surface area contributed by atoms with E-state index in [1.165, 1.54) is 11.8 Å². The molecule has 1 N–H and O–H groups in total. The zero-order valence-electron chi connectivity index (χ0n) is 10.0. The van der Waals surface area contributed by atoms with Crippen molar-refractivity contribution in [3.63, 3.8) is 0 Å². The monoisotopic (exact) mass is 250 g/mol. The van der Waals surface area contributed by atoms with E-state index in [9.17, 15) is 0 Å². The first-order valence-electron chi connectivity index (χ1n) is 5.30. The fraction of sp³-hybridized carbons (Fsp3) is 0.400. The molecular formula is C10H14N6S. The molecule has 0 aliphatic rings. The summed E-state index contributed by atoms with van der Waals surface area (Å²) < 4.78 is 1.92. The van der Waals surface area contributed by atoms with Crippen molar-refractivity contribution in [2.45, 2.75) is 24.0 Å². The molecule has 0 aromatic carbocycles. The molecule has 2 aromatic rings. The van der Waals surface area contributed by atoms with Crippen LogP contribution in [0.1, 0.15) is 12.7 Å². The molecule has 2 aromatic heterocycles. The van der Waals surface area contributed by atoms with Gasteiger partial charge in [-0.05, 0) is 25.6 Å². The van der Waals surface area contributed by atoms with Gasteiger partial charge in [0.05, 0.1) is 12.4 Å². The summed E-state index contributed by atoms with van der Waals surface area (Å²) in [7, 11) is 1.93. The second kappa shape index (κ2) is 5.13. The Hall–Kier alpha value is -1.63. The Morgan fingerprint density at radius 3 is 2.82 bits per heavy atom. The summed E-state index contributed by atoms with van der Waals surface area (Å²) in [5.74, 6) is 1.65. The number of aryl methyl sites for hydroxylation is 1. The fourth-order valence-electron chi connectivity index (χ4n) is 1.23. The quantitative estimate of drug-likeness (QED) is 0.886. The number of nitrogens with one attached hydrogen (secondary N) is 1. The van der Waals surface area contributed by atoms with Gasteiger partial charge in [0.25, 0.3) is 0 Å². The van der Waals surface area contributed by atoms with Crippen molar-refractivity contribution in [2.75, 3.05) is 11.9 Å². The molecule has 2 rings (SSSR count). The van der Waals surface area contributed by atoms with Crippen LogP contribution in [-0.4, -0.2) is 31.3 Å². The third-order valence-corrected chi connectivity index (χ3v) is 3.16. The highest BCUT2D eigenvalue weighted by Gasteiger charge is 2.08. The topological polar surface area (TPSA) is 68.5 Å². The van der Waals surface area contributed by atoms with E-state index >= 15 is 0 Å². The van der Waals surface area contributed by atoms with E-state index in [1.54, 1.807) is 12.4 Å². The predicted octanol–water partition coefficient (Wildman–Crippen LogP) is 1.50. The third kappa shape index (κ3) is 2.73. The molecule has 6 nitrogen and oxygen atoms in total. The van der Waals surface area contributed by atoms with E-state index in [0.29, 0.717) is 0 Å². The maximum atomic E-state index is 4.42. The lowest BCUT2D eigenvalue weighted by Gasteiger charge is -2.04. The Labute approximate surface area is 104 Å². The Bertz CT molecular complexity index is 509. The molecule has 0 radical (unpaired) electrons. The lowest BCUT2D eigenvalue weighted by atomic mass is 10.6. The predicted molar refractivity (Wildman–Crippen MR) is 66.1 cm³/mol. The van der Waals surface area contributed by atoms with E-state index in [2.05, 4.69) is 25.5 Å². The van der Waals surface area contributed by atoms with Gasteiger partial charge in [0.2, 0.25) is 0 Å². The van der Waals surface area contributed by atoms with Gasteiger partial charge in [-0.1, -0.05) is 0 Å². The van der Waals surface area contributed by atoms with E-state index < -0.39 is 0 Å². The van der Waals surface area contributed by atoms with Gasteiger partial charge in [-0.15, -0.1) is 10.2 Å². The van der Waals surface area contributed by atoms with E-state index in [4.69, 9.17) is 0 Å². The molecule has 2 heterocycles. The van der Waals surface area contributed by atoms with Crippen LogP contribution in [-0.2, 0) is 7.05 Å². The second-order valence-corrected chi connectivity index (χ2v) is 4.45. The molecule has 0 bridgehead atoms. The van der Waals surface area contributed by atoms with Gasteiger partial charge >= 0.3 is 0 Å². The summed E-state index contributed by atoms with van der Waals surface area (Å²) in [5.41, 5.74) is 0. The van der Waals surface area contributed by atoms with Crippen molar-refractivity contribution in [1.82, 2.24) is 24.7 Å². The van der Waals surface area contributed by atoms with Gasteiger partial charge in [-0.2, -0.15) is 0 Å². The van der Waals surface area contributed by atoms with Gasteiger partial charge < -0.3 is 9.88 Å². The zero-order valence-corrected chi connectivity index (χ0v) is 10.8. The normalized spacial score (nSPS) is 10.5. The number of hydrogen-bond donors (Lipinski definition) is 1. The summed E-state index contributed by atoms with van der Waals surface area (Å²) in [6, 6.07) is 0. The third-order valence-electron chi connectivity index (χ3n) is 2.22. The van der Waals surface area contributed by atoms with Crippen LogP contribution in [0.5, 0.6) is 0 Å². The van der Waals surface area contributed by atoms with Crippen molar-refractivity contribution in [3.05, 3.63) is 18.2 Å². The van der Waals surface area contributed by atoms with Crippen LogP contribution in [0.15, 0.2) is 22.6 Å². The molecule has 90 valence electrons. The largest absolute Gasteiger partial charge is 0.369 e. The maximum Gasteiger partial charge on any atom is 0.197 e. The number of nitrogens with zero attached hydrogens (tertiary/aromatic N) is 5. The number of aromatic nitrogens is 5. The molecule has 0 saturated carbocycles. The van der Waals surface area contributed by atoms with Gasteiger partial charge in [0, 0.05) is 13.6 Å². The van der Waals surface area contributed by atoms with Crippen LogP contribution in [0.4, 0.5) is 5.82 Å². The van der Waals surface area contributed by atoms with Gasteiger partial charge in [0.1, 0.15) is 16.7 Å². The number of hydrogen-bond acceptors (Lipinski definition) is 6. The van der Waals surface area contributed by atoms with Crippen molar-refractivity contribution in [3.8, 4) is 0 Å². The van der Waals surface area contributed by atoms with Gasteiger partial charge in [0.15, 0.2) is 5.16 Å². The van der Waals surface area contributed by atoms with Crippen LogP contribution in [0, 0.1) is 6.92 Å². The van der Waals surface area contributed by atoms with Gasteiger partial charge in [-0.25, -0.2) is 4.98 Å². The van der Waals surface area contributed by atoms with E-state index in [-0.39, 0.29) is 0 Å². The average Bonchev–Trinajstić information content (AvgIpc) is 2.62. The SMILES string of the molecule is CCNc1cncc(Sc2nnc(C)n2C)n1. The molecule has 17 heavy (non-hydrogen) atoms. The van der Waals surface area contributed by atoms with Crippen molar-refractivity contribution in [2.24, 2.45) is 7.05 Å². The number of anilines is 1. The minimum atomic E-state index is 0.774. The van der Waals surface area contributed by atoms with Crippen LogP contribution < -0.4 is 5.32 Å². The Morgan fingerprint density at radius 1 is 1.35 bits per heavy atom. The summed E-state index contributed by atoms with van der Waals surface area (Å²) in [5, 5.41) is 12.8. The highest BCUT2D eigenvalue weighted by atomic mass is 32.2. The smallest absolute Gasteiger partial charge is 0.197 e. The molecule has 0 aliphatic carbocycles. The van der Waals surface area contributed by atoms with Crippen LogP contribution in [0.2, 0.25) is 0 Å². The highest BCUT2D eigenvalue weighted by molar-refractivity contribution is 7.99. The molecule has 7 heteroatoms. The average molecular weight is 250 g/mol. The molecule has 0 spiro atoms. The summed E-state index contributed by atoms with van der Waals surface area (Å²) in [6.45, 7) is 4.76. The van der Waals surface area contributed by atoms with Crippen LogP contribution in [0.25, 0.3) is 0 Å². The molecule has 0 unspecified atom stereocenters. The fourth-order valence-corrected chi connectivity index (χ4v) is 2.03. The van der Waals surface area contributed by atoms with E-state index in [1.807, 2.05) is 25.5 Å². The first kappa shape index (κ1) is 11.8. The van der Waals surface area contributed by atoms with E-state index in [0.717, 1.165) is 28.4 Å². The summed E-state index contributed by atoms with van der Waals surface area (Å²) >= 11 is 1.45. The van der Waals surface area contributed by atoms with Crippen molar-refractivity contribution < 1.29 is 0 Å². The van der Waals surface area contributed by atoms with Crippen LogP contribution in [0.3, 0.4) is 0 Å². The van der Waals surface area contributed by atoms with Crippen molar-refractivity contribution >= 4 is 17.6 Å². The molecule has 0 aliphatic heterocycles. The molecular weight excluding hydrogens is 236 g/mol. The molecule has 0 atom stereocenters. The van der Waals surface area contributed by atoms with Crippen molar-refractivity contribution in [1.29, 1.82) is 0 Å². The number of rotatable bonds is 4. The Balaban J connectivity index is 2.18. The summed E-state index contributed by atoms with van der Waals surface area (Å²) in [4.78, 5) is 8.55. The Morgan fingerprint density at radius 2 is 2.18 bits per heavy atom. The minimum Gasteiger partial charge on any atom is -0.369 e. The standard InChI is InChI=1S/C10H14N6S/c1-4-12-8-5-11-6-9(13-8)17-10-15-14-7(2)16(10)3/h5-6H,4H2,1-3H3,(H,12,13). The highest BCUT2D eigenvalue weighted by Crippen LogP contribution is 2.24. The van der Waals surface area contributed by atoms with Gasteiger partial charge in [-0.3, -0.25) is 4.98 Å². The lowest BCUT2D eigenvalue weighted by Crippen LogP contribution is -2.00. The minimum absolute atomic E-state index is 0.774. The second-order valence-electron chi connectivity index (χ2n) is 3.46. The first-order chi connectivity index (χ1) is 8.20. The first-order valence-corrected chi connectivity index (χ1v) is 6.12. The summed E-state index contributed by atoms with van der Waals surface area (Å²) in [6.07, 6.45) is 3.42. The maximum absolute atomic E-state index is 4.42. The molecule has 0 amide bonds. The lowest BCUT2D eigenvalue weighted by molar-refractivity contribution is 0.764. The zero-order chi connectivity index (χ0) is 12.3. The van der Waals surface area contributed by atoms with Crippen LogP contribution >= 0.6 is 11.8 Å². The molecule has 0 fully saturated rings. The Kier molecular flexibility index (Phi) is 3.58.